The minimum atomic E-state index is 0.0219. The summed E-state index contributed by atoms with van der Waals surface area (Å²) in [6.45, 7) is 9.31. The fourth-order valence-corrected chi connectivity index (χ4v) is 4.31. The van der Waals surface area contributed by atoms with E-state index in [1.54, 1.807) is 0 Å². The van der Waals surface area contributed by atoms with E-state index in [4.69, 9.17) is 0 Å². The lowest BCUT2D eigenvalue weighted by Crippen LogP contribution is -2.53. The summed E-state index contributed by atoms with van der Waals surface area (Å²) in [7, 11) is 2.06. The summed E-state index contributed by atoms with van der Waals surface area (Å²) in [5.41, 5.74) is 8.12. The van der Waals surface area contributed by atoms with Crippen LogP contribution in [0, 0.1) is 20.8 Å². The number of carbonyl (C=O) groups excluding carboxylic acids is 1. The number of rotatable bonds is 6. The van der Waals surface area contributed by atoms with Crippen molar-refractivity contribution < 1.29 is 4.79 Å². The van der Waals surface area contributed by atoms with Crippen LogP contribution in [0.2, 0.25) is 0 Å². The minimum Gasteiger partial charge on any atom is -0.313 e. The van der Waals surface area contributed by atoms with Gasteiger partial charge in [0.1, 0.15) is 0 Å². The van der Waals surface area contributed by atoms with Crippen LogP contribution in [0.1, 0.15) is 39.8 Å². The maximum absolute atomic E-state index is 12.8. The van der Waals surface area contributed by atoms with E-state index in [-0.39, 0.29) is 6.04 Å². The molecule has 0 saturated carbocycles. The van der Waals surface area contributed by atoms with Gasteiger partial charge in [0.2, 0.25) is 0 Å². The molecule has 0 amide bonds. The molecule has 0 bridgehead atoms. The van der Waals surface area contributed by atoms with Gasteiger partial charge in [-0.05, 0) is 74.0 Å². The third-order valence-corrected chi connectivity index (χ3v) is 6.02. The third-order valence-electron chi connectivity index (χ3n) is 6.02. The van der Waals surface area contributed by atoms with E-state index in [0.717, 1.165) is 32.5 Å². The van der Waals surface area contributed by atoms with Crippen molar-refractivity contribution >= 4 is 5.78 Å². The number of ketones is 1. The molecule has 1 atom stereocenters. The van der Waals surface area contributed by atoms with Crippen LogP contribution >= 0.6 is 0 Å². The van der Waals surface area contributed by atoms with Crippen LogP contribution in [-0.2, 0) is 17.6 Å². The summed E-state index contributed by atoms with van der Waals surface area (Å²) in [5, 5.41) is 3.35. The summed E-state index contributed by atoms with van der Waals surface area (Å²) in [6.07, 6.45) is 2.41. The molecule has 1 heterocycles. The van der Waals surface area contributed by atoms with Crippen molar-refractivity contribution in [3.8, 4) is 0 Å². The zero-order chi connectivity index (χ0) is 19.4. The van der Waals surface area contributed by atoms with Crippen molar-refractivity contribution in [1.29, 1.82) is 0 Å². The van der Waals surface area contributed by atoms with Gasteiger partial charge in [-0.2, -0.15) is 0 Å². The standard InChI is InChI=1S/C24H32N2O/c1-17-14-18(2)22(15-20-8-6-5-7-9-20)19(3)21(17)10-11-24(27)23-16-25-12-13-26(23)4/h5-9,14,23,25H,10-13,15-16H2,1-4H3/t23-/m0/s1. The first-order chi connectivity index (χ1) is 13.0. The number of aryl methyl sites for hydroxylation is 2. The van der Waals surface area contributed by atoms with Crippen molar-refractivity contribution in [1.82, 2.24) is 10.2 Å². The van der Waals surface area contributed by atoms with E-state index < -0.39 is 0 Å². The van der Waals surface area contributed by atoms with Crippen molar-refractivity contribution in [3.63, 3.8) is 0 Å². The number of carbonyl (C=O) groups is 1. The highest BCUT2D eigenvalue weighted by atomic mass is 16.1. The number of nitrogens with zero attached hydrogens (tertiary/aromatic N) is 1. The molecule has 3 nitrogen and oxygen atoms in total. The summed E-state index contributed by atoms with van der Waals surface area (Å²) >= 11 is 0. The molecule has 0 aromatic heterocycles. The normalized spacial score (nSPS) is 17.9. The van der Waals surface area contributed by atoms with Crippen LogP contribution in [0.5, 0.6) is 0 Å². The zero-order valence-corrected chi connectivity index (χ0v) is 17.1. The Labute approximate surface area is 163 Å². The highest BCUT2D eigenvalue weighted by Gasteiger charge is 2.25. The van der Waals surface area contributed by atoms with Gasteiger partial charge in [0.15, 0.2) is 5.78 Å². The van der Waals surface area contributed by atoms with Gasteiger partial charge in [0.25, 0.3) is 0 Å². The molecule has 0 aliphatic carbocycles. The van der Waals surface area contributed by atoms with Crippen LogP contribution in [0.25, 0.3) is 0 Å². The van der Waals surface area contributed by atoms with Gasteiger partial charge in [0.05, 0.1) is 6.04 Å². The Morgan fingerprint density at radius 2 is 1.81 bits per heavy atom. The molecular formula is C24H32N2O. The number of likely N-dealkylation sites (N-methyl/N-ethyl adjacent to an activating group) is 1. The second-order valence-electron chi connectivity index (χ2n) is 7.92. The molecule has 1 aliphatic rings. The number of benzene rings is 2. The molecule has 2 aromatic rings. The predicted octanol–water partition coefficient (Wildman–Crippen LogP) is 3.61. The summed E-state index contributed by atoms with van der Waals surface area (Å²) in [5.74, 6) is 0.355. The maximum Gasteiger partial charge on any atom is 0.151 e. The van der Waals surface area contributed by atoms with Gasteiger partial charge in [-0.3, -0.25) is 9.69 Å². The van der Waals surface area contributed by atoms with E-state index in [1.165, 1.54) is 33.4 Å². The van der Waals surface area contributed by atoms with E-state index >= 15 is 0 Å². The average Bonchev–Trinajstić information content (AvgIpc) is 2.66. The van der Waals surface area contributed by atoms with Gasteiger partial charge in [-0.1, -0.05) is 36.4 Å². The molecule has 3 rings (SSSR count). The Morgan fingerprint density at radius 3 is 2.52 bits per heavy atom. The number of piperazine rings is 1. The van der Waals surface area contributed by atoms with E-state index in [9.17, 15) is 4.79 Å². The van der Waals surface area contributed by atoms with E-state index in [0.29, 0.717) is 12.2 Å². The van der Waals surface area contributed by atoms with Gasteiger partial charge in [0, 0.05) is 26.1 Å². The van der Waals surface area contributed by atoms with Crippen molar-refractivity contribution in [2.75, 3.05) is 26.7 Å². The van der Waals surface area contributed by atoms with Gasteiger partial charge >= 0.3 is 0 Å². The van der Waals surface area contributed by atoms with Crippen LogP contribution in [0.4, 0.5) is 0 Å². The maximum atomic E-state index is 12.8. The van der Waals surface area contributed by atoms with Crippen molar-refractivity contribution in [2.45, 2.75) is 46.1 Å². The molecule has 144 valence electrons. The monoisotopic (exact) mass is 364 g/mol. The summed E-state index contributed by atoms with van der Waals surface area (Å²) in [6, 6.07) is 13.0. The smallest absolute Gasteiger partial charge is 0.151 e. The summed E-state index contributed by atoms with van der Waals surface area (Å²) < 4.78 is 0. The Balaban J connectivity index is 1.77. The van der Waals surface area contributed by atoms with Gasteiger partial charge in [-0.15, -0.1) is 0 Å². The molecule has 2 aromatic carbocycles. The second-order valence-corrected chi connectivity index (χ2v) is 7.92. The topological polar surface area (TPSA) is 32.3 Å². The number of Topliss-reactive ketones (excluding diaryl/α,β-unsaturated/α-hetero) is 1. The van der Waals surface area contributed by atoms with Crippen LogP contribution in [-0.4, -0.2) is 43.4 Å². The zero-order valence-electron chi connectivity index (χ0n) is 17.1. The molecular weight excluding hydrogens is 332 g/mol. The molecule has 1 N–H and O–H groups in total. The fraction of sp³-hybridized carbons (Fsp3) is 0.458. The fourth-order valence-electron chi connectivity index (χ4n) is 4.31. The van der Waals surface area contributed by atoms with E-state index in [1.807, 2.05) is 0 Å². The molecule has 1 fully saturated rings. The third kappa shape index (κ3) is 4.66. The average molecular weight is 365 g/mol. The highest BCUT2D eigenvalue weighted by molar-refractivity contribution is 5.84. The predicted molar refractivity (Wildman–Crippen MR) is 113 cm³/mol. The molecule has 0 radical (unpaired) electrons. The number of hydrogen-bond acceptors (Lipinski definition) is 3. The lowest BCUT2D eigenvalue weighted by molar-refractivity contribution is -0.124. The number of hydrogen-bond donors (Lipinski definition) is 1. The Morgan fingerprint density at radius 1 is 1.11 bits per heavy atom. The first-order valence-corrected chi connectivity index (χ1v) is 10.0. The molecule has 0 unspecified atom stereocenters. The largest absolute Gasteiger partial charge is 0.313 e. The first-order valence-electron chi connectivity index (χ1n) is 10.0. The van der Waals surface area contributed by atoms with Gasteiger partial charge < -0.3 is 5.32 Å². The lowest BCUT2D eigenvalue weighted by Gasteiger charge is -2.32. The quantitative estimate of drug-likeness (QED) is 0.850. The van der Waals surface area contributed by atoms with Crippen molar-refractivity contribution in [3.05, 3.63) is 69.8 Å². The van der Waals surface area contributed by atoms with Crippen LogP contribution in [0.15, 0.2) is 36.4 Å². The number of nitrogens with one attached hydrogen (secondary N) is 1. The van der Waals surface area contributed by atoms with Crippen LogP contribution in [0.3, 0.4) is 0 Å². The Kier molecular flexibility index (Phi) is 6.46. The molecule has 1 aliphatic heterocycles. The summed E-state index contributed by atoms with van der Waals surface area (Å²) in [4.78, 5) is 15.0. The molecule has 3 heteroatoms. The van der Waals surface area contributed by atoms with Crippen LogP contribution < -0.4 is 5.32 Å². The molecule has 1 saturated heterocycles. The lowest BCUT2D eigenvalue weighted by atomic mass is 9.87. The Hall–Kier alpha value is -1.97. The molecule has 27 heavy (non-hydrogen) atoms. The minimum absolute atomic E-state index is 0.0219. The Bertz CT molecular complexity index is 798. The molecule has 0 spiro atoms. The van der Waals surface area contributed by atoms with Crippen molar-refractivity contribution in [2.24, 2.45) is 0 Å². The van der Waals surface area contributed by atoms with E-state index in [2.05, 4.69) is 74.4 Å². The highest BCUT2D eigenvalue weighted by Crippen LogP contribution is 2.26. The first kappa shape index (κ1) is 19.8. The van der Waals surface area contributed by atoms with Gasteiger partial charge in [-0.25, -0.2) is 0 Å². The second kappa shape index (κ2) is 8.81. The SMILES string of the molecule is Cc1cc(C)c(Cc2ccccc2)c(C)c1CCC(=O)[C@@H]1CNCCN1C.